The Hall–Kier alpha value is -3.97. The highest BCUT2D eigenvalue weighted by atomic mass is 19.1. The van der Waals surface area contributed by atoms with E-state index in [-0.39, 0.29) is 12.3 Å². The Labute approximate surface area is 197 Å². The first-order chi connectivity index (χ1) is 16.7. The topological polar surface area (TPSA) is 116 Å². The van der Waals surface area contributed by atoms with Crippen molar-refractivity contribution in [3.63, 3.8) is 0 Å². The Balaban J connectivity index is 1.46. The molecule has 0 aliphatic carbocycles. The minimum atomic E-state index is -0.420. The molecule has 9 nitrogen and oxygen atoms in total. The van der Waals surface area contributed by atoms with Gasteiger partial charge in [0.25, 0.3) is 0 Å². The molecular formula is C24H27FN8O. The van der Waals surface area contributed by atoms with Crippen molar-refractivity contribution in [2.24, 2.45) is 0 Å². The zero-order chi connectivity index (χ0) is 23.8. The van der Waals surface area contributed by atoms with Gasteiger partial charge in [0.05, 0.1) is 17.9 Å². The Morgan fingerprint density at radius 1 is 1.09 bits per heavy atom. The van der Waals surface area contributed by atoms with Gasteiger partial charge in [0.15, 0.2) is 5.82 Å². The summed E-state index contributed by atoms with van der Waals surface area (Å²) in [5.41, 5.74) is 8.16. The summed E-state index contributed by atoms with van der Waals surface area (Å²) >= 11 is 0. The predicted molar refractivity (Wildman–Crippen MR) is 130 cm³/mol. The van der Waals surface area contributed by atoms with Crippen LogP contribution in [0.5, 0.6) is 5.75 Å². The number of benzene rings is 1. The highest BCUT2D eigenvalue weighted by molar-refractivity contribution is 5.74. The number of para-hydroxylation sites is 1. The second kappa shape index (κ2) is 11.2. The molecule has 0 unspecified atom stereocenters. The highest BCUT2D eigenvalue weighted by Crippen LogP contribution is 2.31. The zero-order valence-electron chi connectivity index (χ0n) is 18.8. The largest absolute Gasteiger partial charge is 0.507 e. The SMILES string of the molecule is Nc1nnc(-c2ccccc2O)cc1N1CCCN(c2ccnc(C#CCNCCF)n2)CC1. The van der Waals surface area contributed by atoms with Crippen LogP contribution < -0.4 is 20.9 Å². The van der Waals surface area contributed by atoms with Crippen molar-refractivity contribution < 1.29 is 9.50 Å². The second-order valence-corrected chi connectivity index (χ2v) is 7.75. The van der Waals surface area contributed by atoms with Crippen LogP contribution in [-0.4, -0.2) is 71.2 Å². The molecule has 0 bridgehead atoms. The number of nitrogens with zero attached hydrogens (tertiary/aromatic N) is 6. The van der Waals surface area contributed by atoms with E-state index in [4.69, 9.17) is 5.73 Å². The first kappa shape index (κ1) is 23.2. The lowest BCUT2D eigenvalue weighted by atomic mass is 10.1. The number of alkyl halides is 1. The molecule has 176 valence electrons. The Morgan fingerprint density at radius 3 is 2.76 bits per heavy atom. The van der Waals surface area contributed by atoms with Crippen LogP contribution in [0.1, 0.15) is 12.2 Å². The van der Waals surface area contributed by atoms with Gasteiger partial charge in [-0.1, -0.05) is 18.1 Å². The van der Waals surface area contributed by atoms with E-state index < -0.39 is 6.67 Å². The van der Waals surface area contributed by atoms with E-state index in [1.807, 2.05) is 18.2 Å². The fraction of sp³-hybridized carbons (Fsp3) is 0.333. The van der Waals surface area contributed by atoms with Crippen LogP contribution in [0.3, 0.4) is 0 Å². The van der Waals surface area contributed by atoms with Gasteiger partial charge in [-0.2, -0.15) is 0 Å². The van der Waals surface area contributed by atoms with Gasteiger partial charge < -0.3 is 26.0 Å². The third-order valence-corrected chi connectivity index (χ3v) is 5.47. The van der Waals surface area contributed by atoms with E-state index >= 15 is 0 Å². The number of hydrogen-bond donors (Lipinski definition) is 3. The summed E-state index contributed by atoms with van der Waals surface area (Å²) < 4.78 is 12.1. The molecule has 1 aromatic carbocycles. The molecule has 1 saturated heterocycles. The maximum Gasteiger partial charge on any atom is 0.206 e. The first-order valence-corrected chi connectivity index (χ1v) is 11.2. The van der Waals surface area contributed by atoms with Crippen molar-refractivity contribution in [2.75, 3.05) is 61.5 Å². The molecule has 0 radical (unpaired) electrons. The number of nitrogens with one attached hydrogen (secondary N) is 1. The summed E-state index contributed by atoms with van der Waals surface area (Å²) in [5.74, 6) is 7.59. The number of anilines is 3. The minimum absolute atomic E-state index is 0.149. The number of hydrogen-bond acceptors (Lipinski definition) is 9. The van der Waals surface area contributed by atoms with Gasteiger partial charge >= 0.3 is 0 Å². The lowest BCUT2D eigenvalue weighted by Crippen LogP contribution is -2.31. The quantitative estimate of drug-likeness (QED) is 0.373. The van der Waals surface area contributed by atoms with Crippen LogP contribution >= 0.6 is 0 Å². The van der Waals surface area contributed by atoms with Gasteiger partial charge in [0, 0.05) is 44.5 Å². The van der Waals surface area contributed by atoms with Crippen molar-refractivity contribution in [1.29, 1.82) is 0 Å². The van der Waals surface area contributed by atoms with Crippen LogP contribution in [0.2, 0.25) is 0 Å². The van der Waals surface area contributed by atoms with Crippen molar-refractivity contribution in [1.82, 2.24) is 25.5 Å². The first-order valence-electron chi connectivity index (χ1n) is 11.2. The average molecular weight is 463 g/mol. The summed E-state index contributed by atoms with van der Waals surface area (Å²) in [6.45, 7) is 3.32. The fourth-order valence-corrected chi connectivity index (χ4v) is 3.78. The molecule has 4 rings (SSSR count). The second-order valence-electron chi connectivity index (χ2n) is 7.75. The molecule has 34 heavy (non-hydrogen) atoms. The van der Waals surface area contributed by atoms with Crippen molar-refractivity contribution >= 4 is 17.3 Å². The summed E-state index contributed by atoms with van der Waals surface area (Å²) in [6, 6.07) is 10.8. The molecule has 1 fully saturated rings. The Morgan fingerprint density at radius 2 is 1.91 bits per heavy atom. The van der Waals surface area contributed by atoms with Crippen LogP contribution in [-0.2, 0) is 0 Å². The number of nitrogens with two attached hydrogens (primary N) is 1. The van der Waals surface area contributed by atoms with E-state index in [9.17, 15) is 9.50 Å². The molecule has 2 aromatic heterocycles. The van der Waals surface area contributed by atoms with Crippen molar-refractivity contribution in [3.8, 4) is 28.8 Å². The number of aromatic hydroxyl groups is 1. The third-order valence-electron chi connectivity index (χ3n) is 5.47. The van der Waals surface area contributed by atoms with Crippen LogP contribution in [0.15, 0.2) is 42.6 Å². The molecule has 3 aromatic rings. The van der Waals surface area contributed by atoms with E-state index in [2.05, 4.69) is 47.1 Å². The smallest absolute Gasteiger partial charge is 0.206 e. The molecule has 0 atom stereocenters. The highest BCUT2D eigenvalue weighted by Gasteiger charge is 2.20. The Bertz CT molecular complexity index is 1180. The Kier molecular flexibility index (Phi) is 7.67. The van der Waals surface area contributed by atoms with Gasteiger partial charge in [0.2, 0.25) is 5.82 Å². The number of aromatic nitrogens is 4. The van der Waals surface area contributed by atoms with Gasteiger partial charge in [-0.15, -0.1) is 10.2 Å². The number of nitrogen functional groups attached to an aromatic ring is 1. The monoisotopic (exact) mass is 462 g/mol. The summed E-state index contributed by atoms with van der Waals surface area (Å²) in [7, 11) is 0. The van der Waals surface area contributed by atoms with Crippen molar-refractivity contribution in [3.05, 3.63) is 48.4 Å². The van der Waals surface area contributed by atoms with E-state index in [0.29, 0.717) is 36.0 Å². The van der Waals surface area contributed by atoms with Gasteiger partial charge in [-0.05, 0) is 36.6 Å². The molecular weight excluding hydrogens is 435 g/mol. The minimum Gasteiger partial charge on any atom is -0.507 e. The maximum absolute atomic E-state index is 12.1. The molecule has 1 aliphatic heterocycles. The average Bonchev–Trinajstić information content (AvgIpc) is 3.11. The normalized spacial score (nSPS) is 13.8. The van der Waals surface area contributed by atoms with Gasteiger partial charge in [-0.3, -0.25) is 0 Å². The van der Waals surface area contributed by atoms with Gasteiger partial charge in [-0.25, -0.2) is 14.4 Å². The summed E-state index contributed by atoms with van der Waals surface area (Å²) in [5, 5.41) is 21.4. The molecule has 1 aliphatic rings. The van der Waals surface area contributed by atoms with E-state index in [1.165, 1.54) is 0 Å². The molecule has 0 spiro atoms. The maximum atomic E-state index is 12.1. The standard InChI is InChI=1S/C24H27FN8O/c25-9-12-27-10-3-7-22-28-11-8-23(29-22)33-14-4-13-32(15-16-33)20-17-19(30-31-24(20)26)18-5-1-2-6-21(18)34/h1-2,5-6,8,11,17,27,34H,4,9-10,12-16H2,(H2,26,31). The number of phenolic OH excluding ortho intramolecular Hbond substituents is 1. The molecule has 3 heterocycles. The molecule has 4 N–H and O–H groups in total. The molecule has 0 amide bonds. The van der Waals surface area contributed by atoms with Crippen LogP contribution in [0.25, 0.3) is 11.3 Å². The zero-order valence-corrected chi connectivity index (χ0v) is 18.8. The van der Waals surface area contributed by atoms with Crippen molar-refractivity contribution in [2.45, 2.75) is 6.42 Å². The molecule has 10 heteroatoms. The lowest BCUT2D eigenvalue weighted by Gasteiger charge is -2.25. The fourth-order valence-electron chi connectivity index (χ4n) is 3.78. The lowest BCUT2D eigenvalue weighted by molar-refractivity contribution is 0.476. The summed E-state index contributed by atoms with van der Waals surface area (Å²) in [6.07, 6.45) is 2.60. The molecule has 0 saturated carbocycles. The van der Waals surface area contributed by atoms with Crippen LogP contribution in [0.4, 0.5) is 21.7 Å². The number of rotatable bonds is 6. The van der Waals surface area contributed by atoms with Gasteiger partial charge in [0.1, 0.15) is 18.2 Å². The van der Waals surface area contributed by atoms with E-state index in [1.54, 1.807) is 24.4 Å². The number of phenols is 1. The third kappa shape index (κ3) is 5.68. The summed E-state index contributed by atoms with van der Waals surface area (Å²) in [4.78, 5) is 13.2. The number of halogens is 1. The predicted octanol–water partition coefficient (Wildman–Crippen LogP) is 1.85. The van der Waals surface area contributed by atoms with E-state index in [0.717, 1.165) is 37.6 Å². The van der Waals surface area contributed by atoms with Crippen LogP contribution in [0, 0.1) is 11.8 Å².